The van der Waals surface area contributed by atoms with Crippen molar-refractivity contribution in [3.63, 3.8) is 0 Å². The second kappa shape index (κ2) is 6.46. The predicted octanol–water partition coefficient (Wildman–Crippen LogP) is 1.77. The Kier molecular flexibility index (Phi) is 5.93. The minimum atomic E-state index is 0.0427. The van der Waals surface area contributed by atoms with Gasteiger partial charge >= 0.3 is 0 Å². The summed E-state index contributed by atoms with van der Waals surface area (Å²) in [7, 11) is 0. The SMILES string of the molecule is CC(C#N)CN(CCC#N)C(C)C. The standard InChI is InChI=1S/C10H17N3/c1-9(2)13(6-4-5-11)8-10(3)7-12/h9-10H,4,6,8H2,1-3H3. The topological polar surface area (TPSA) is 50.8 Å². The van der Waals surface area contributed by atoms with Crippen LogP contribution in [0.1, 0.15) is 27.2 Å². The highest BCUT2D eigenvalue weighted by Gasteiger charge is 2.12. The average molecular weight is 179 g/mol. The molecular formula is C10H17N3. The highest BCUT2D eigenvalue weighted by molar-refractivity contribution is 4.83. The predicted molar refractivity (Wildman–Crippen MR) is 51.7 cm³/mol. The fraction of sp³-hybridized carbons (Fsp3) is 0.800. The van der Waals surface area contributed by atoms with Crippen molar-refractivity contribution in [1.82, 2.24) is 4.90 Å². The summed E-state index contributed by atoms with van der Waals surface area (Å²) in [6.07, 6.45) is 0.538. The molecule has 0 aromatic carbocycles. The van der Waals surface area contributed by atoms with Gasteiger partial charge in [0.05, 0.1) is 18.1 Å². The van der Waals surface area contributed by atoms with E-state index in [-0.39, 0.29) is 5.92 Å². The summed E-state index contributed by atoms with van der Waals surface area (Å²) < 4.78 is 0. The molecule has 0 bridgehead atoms. The van der Waals surface area contributed by atoms with E-state index >= 15 is 0 Å². The van der Waals surface area contributed by atoms with Gasteiger partial charge in [-0.2, -0.15) is 10.5 Å². The third kappa shape index (κ3) is 5.22. The molecule has 0 rings (SSSR count). The minimum absolute atomic E-state index is 0.0427. The van der Waals surface area contributed by atoms with Gasteiger partial charge in [-0.05, 0) is 20.8 Å². The van der Waals surface area contributed by atoms with Crippen molar-refractivity contribution in [3.05, 3.63) is 0 Å². The van der Waals surface area contributed by atoms with Crippen LogP contribution < -0.4 is 0 Å². The highest BCUT2D eigenvalue weighted by atomic mass is 15.1. The lowest BCUT2D eigenvalue weighted by Gasteiger charge is -2.26. The van der Waals surface area contributed by atoms with Crippen molar-refractivity contribution in [2.75, 3.05) is 13.1 Å². The van der Waals surface area contributed by atoms with Gasteiger partial charge in [0.25, 0.3) is 0 Å². The second-order valence-electron chi connectivity index (χ2n) is 3.53. The number of hydrogen-bond acceptors (Lipinski definition) is 3. The molecule has 0 aliphatic heterocycles. The van der Waals surface area contributed by atoms with Crippen molar-refractivity contribution in [3.8, 4) is 12.1 Å². The van der Waals surface area contributed by atoms with Gasteiger partial charge in [0.2, 0.25) is 0 Å². The van der Waals surface area contributed by atoms with Gasteiger partial charge in [0, 0.05) is 25.6 Å². The normalized spacial score (nSPS) is 12.5. The molecule has 0 N–H and O–H groups in total. The Bertz CT molecular complexity index is 209. The van der Waals surface area contributed by atoms with Crippen LogP contribution in [0.5, 0.6) is 0 Å². The van der Waals surface area contributed by atoms with E-state index in [4.69, 9.17) is 10.5 Å². The van der Waals surface area contributed by atoms with E-state index in [0.29, 0.717) is 12.5 Å². The van der Waals surface area contributed by atoms with Crippen molar-refractivity contribution >= 4 is 0 Å². The van der Waals surface area contributed by atoms with E-state index in [1.54, 1.807) is 0 Å². The third-order valence-corrected chi connectivity index (χ3v) is 1.97. The summed E-state index contributed by atoms with van der Waals surface area (Å²) in [4.78, 5) is 2.16. The zero-order chi connectivity index (χ0) is 10.3. The lowest BCUT2D eigenvalue weighted by molar-refractivity contribution is 0.211. The van der Waals surface area contributed by atoms with E-state index in [1.165, 1.54) is 0 Å². The van der Waals surface area contributed by atoms with E-state index in [2.05, 4.69) is 30.9 Å². The maximum Gasteiger partial charge on any atom is 0.0666 e. The Morgan fingerprint density at radius 3 is 2.23 bits per heavy atom. The van der Waals surface area contributed by atoms with Crippen LogP contribution in [0.3, 0.4) is 0 Å². The molecule has 0 amide bonds. The Labute approximate surface area is 80.6 Å². The Hall–Kier alpha value is -1.06. The van der Waals surface area contributed by atoms with E-state index in [1.807, 2.05) is 6.92 Å². The molecule has 1 unspecified atom stereocenters. The fourth-order valence-electron chi connectivity index (χ4n) is 1.15. The molecule has 3 nitrogen and oxygen atoms in total. The average Bonchev–Trinajstić information content (AvgIpc) is 2.11. The molecule has 72 valence electrons. The summed E-state index contributed by atoms with van der Waals surface area (Å²) in [5.74, 6) is 0.0427. The Balaban J connectivity index is 3.97. The first-order valence-electron chi connectivity index (χ1n) is 4.62. The largest absolute Gasteiger partial charge is 0.299 e. The van der Waals surface area contributed by atoms with Crippen LogP contribution in [-0.2, 0) is 0 Å². The summed E-state index contributed by atoms with van der Waals surface area (Å²) in [5.41, 5.74) is 0. The zero-order valence-corrected chi connectivity index (χ0v) is 8.62. The second-order valence-corrected chi connectivity index (χ2v) is 3.53. The fourth-order valence-corrected chi connectivity index (χ4v) is 1.15. The van der Waals surface area contributed by atoms with E-state index < -0.39 is 0 Å². The number of hydrogen-bond donors (Lipinski definition) is 0. The van der Waals surface area contributed by atoms with Crippen molar-refractivity contribution < 1.29 is 0 Å². The van der Waals surface area contributed by atoms with Crippen LogP contribution in [-0.4, -0.2) is 24.0 Å². The molecule has 0 aromatic heterocycles. The molecule has 0 heterocycles. The van der Waals surface area contributed by atoms with E-state index in [9.17, 15) is 0 Å². The quantitative estimate of drug-likeness (QED) is 0.646. The van der Waals surface area contributed by atoms with Crippen LogP contribution in [0.15, 0.2) is 0 Å². The molecule has 1 atom stereocenters. The molecule has 3 heteroatoms. The molecule has 0 spiro atoms. The first kappa shape index (κ1) is 11.9. The zero-order valence-electron chi connectivity index (χ0n) is 8.62. The number of nitrogens with zero attached hydrogens (tertiary/aromatic N) is 3. The van der Waals surface area contributed by atoms with Gasteiger partial charge in [0.15, 0.2) is 0 Å². The maximum absolute atomic E-state index is 8.65. The monoisotopic (exact) mass is 179 g/mol. The first-order chi connectivity index (χ1) is 6.11. The molecule has 0 aliphatic rings. The molecule has 0 fully saturated rings. The summed E-state index contributed by atoms with van der Waals surface area (Å²) in [6.45, 7) is 7.60. The number of nitriles is 2. The van der Waals surface area contributed by atoms with Crippen LogP contribution in [0.2, 0.25) is 0 Å². The molecule has 0 saturated heterocycles. The summed E-state index contributed by atoms with van der Waals surface area (Å²) >= 11 is 0. The minimum Gasteiger partial charge on any atom is -0.299 e. The van der Waals surface area contributed by atoms with Gasteiger partial charge in [-0.25, -0.2) is 0 Å². The molecule has 0 saturated carbocycles. The Morgan fingerprint density at radius 1 is 1.23 bits per heavy atom. The summed E-state index contributed by atoms with van der Waals surface area (Å²) in [6, 6.07) is 4.73. The van der Waals surface area contributed by atoms with Crippen molar-refractivity contribution in [1.29, 1.82) is 10.5 Å². The Morgan fingerprint density at radius 2 is 1.85 bits per heavy atom. The van der Waals surface area contributed by atoms with Crippen molar-refractivity contribution in [2.24, 2.45) is 5.92 Å². The van der Waals surface area contributed by atoms with Crippen molar-refractivity contribution in [2.45, 2.75) is 33.2 Å². The molecule has 13 heavy (non-hydrogen) atoms. The molecule has 0 aliphatic carbocycles. The highest BCUT2D eigenvalue weighted by Crippen LogP contribution is 2.04. The molecular weight excluding hydrogens is 162 g/mol. The van der Waals surface area contributed by atoms with E-state index in [0.717, 1.165) is 13.1 Å². The van der Waals surface area contributed by atoms with Gasteiger partial charge in [0.1, 0.15) is 0 Å². The molecule has 0 aromatic rings. The molecule has 0 radical (unpaired) electrons. The van der Waals surface area contributed by atoms with Gasteiger partial charge in [-0.3, -0.25) is 4.90 Å². The van der Waals surface area contributed by atoms with Crippen LogP contribution >= 0.6 is 0 Å². The number of rotatable bonds is 5. The smallest absolute Gasteiger partial charge is 0.0666 e. The summed E-state index contributed by atoms with van der Waals surface area (Å²) in [5, 5.41) is 17.1. The van der Waals surface area contributed by atoms with Gasteiger partial charge < -0.3 is 0 Å². The van der Waals surface area contributed by atoms with Gasteiger partial charge in [-0.15, -0.1) is 0 Å². The lowest BCUT2D eigenvalue weighted by Crippen LogP contribution is -2.35. The van der Waals surface area contributed by atoms with Crippen LogP contribution in [0, 0.1) is 28.6 Å². The first-order valence-corrected chi connectivity index (χ1v) is 4.62. The van der Waals surface area contributed by atoms with Gasteiger partial charge in [-0.1, -0.05) is 0 Å². The van der Waals surface area contributed by atoms with Crippen LogP contribution in [0.4, 0.5) is 0 Å². The maximum atomic E-state index is 8.65. The van der Waals surface area contributed by atoms with Crippen LogP contribution in [0.25, 0.3) is 0 Å². The third-order valence-electron chi connectivity index (χ3n) is 1.97. The lowest BCUT2D eigenvalue weighted by atomic mass is 10.1.